The average Bonchev–Trinajstić information content (AvgIpc) is 3.07. The first-order chi connectivity index (χ1) is 14.6. The SMILES string of the molecule is O=S(=O)(N1Cc2cc(Cl)ccc2N(Cc2cnc[nH]2)[C@H](CC23CC(C2)C3)C1)C(F)(F)F. The number of sulfonamides is 1. The van der Waals surface area contributed by atoms with Crippen LogP contribution in [0.4, 0.5) is 18.9 Å². The van der Waals surface area contributed by atoms with Crippen molar-refractivity contribution in [3.8, 4) is 0 Å². The molecule has 3 aliphatic carbocycles. The maximum absolute atomic E-state index is 13.5. The smallest absolute Gasteiger partial charge is 0.361 e. The van der Waals surface area contributed by atoms with Crippen LogP contribution in [0.5, 0.6) is 0 Å². The fourth-order valence-corrected chi connectivity index (χ4v) is 6.59. The lowest BCUT2D eigenvalue weighted by Crippen LogP contribution is -2.57. The molecular weight excluding hydrogens is 453 g/mol. The molecule has 2 heterocycles. The fraction of sp³-hybridized carbons (Fsp3) is 0.550. The van der Waals surface area contributed by atoms with E-state index >= 15 is 0 Å². The molecule has 0 spiro atoms. The van der Waals surface area contributed by atoms with Crippen LogP contribution >= 0.6 is 11.6 Å². The highest BCUT2D eigenvalue weighted by molar-refractivity contribution is 7.89. The number of anilines is 1. The summed E-state index contributed by atoms with van der Waals surface area (Å²) >= 11 is 6.13. The monoisotopic (exact) mass is 474 g/mol. The predicted molar refractivity (Wildman–Crippen MR) is 110 cm³/mol. The molecule has 0 saturated heterocycles. The Morgan fingerprint density at radius 1 is 1.26 bits per heavy atom. The Kier molecular flexibility index (Phi) is 4.84. The van der Waals surface area contributed by atoms with E-state index in [9.17, 15) is 21.6 Å². The molecule has 1 aromatic heterocycles. The first-order valence-electron chi connectivity index (χ1n) is 10.2. The summed E-state index contributed by atoms with van der Waals surface area (Å²) < 4.78 is 65.8. The summed E-state index contributed by atoms with van der Waals surface area (Å²) in [6.45, 7) is -0.212. The van der Waals surface area contributed by atoms with Gasteiger partial charge in [-0.3, -0.25) is 0 Å². The number of nitrogens with zero attached hydrogens (tertiary/aromatic N) is 3. The zero-order chi connectivity index (χ0) is 22.0. The van der Waals surface area contributed by atoms with Crippen molar-refractivity contribution in [3.63, 3.8) is 0 Å². The molecule has 2 bridgehead atoms. The summed E-state index contributed by atoms with van der Waals surface area (Å²) in [6, 6.07) is 4.61. The van der Waals surface area contributed by atoms with Gasteiger partial charge in [-0.25, -0.2) is 13.4 Å². The van der Waals surface area contributed by atoms with E-state index in [-0.39, 0.29) is 18.5 Å². The molecule has 0 radical (unpaired) electrons. The Bertz CT molecular complexity index is 1070. The fourth-order valence-electron chi connectivity index (χ4n) is 5.43. The second-order valence-electron chi connectivity index (χ2n) is 9.06. The number of H-pyrrole nitrogens is 1. The Hall–Kier alpha value is -1.78. The standard InChI is InChI=1S/C20H22ClF3N4O2S/c21-15-1-2-18-14(3-15)9-27(31(29,30)20(22,23)24)11-17(7-19-4-13(5-19)6-19)28(18)10-16-8-25-12-26-16/h1-3,8,12-13,17H,4-7,9-11H2,(H,25,26)/t13?,17-,19?/m1/s1. The van der Waals surface area contributed by atoms with Crippen LogP contribution in [0.25, 0.3) is 0 Å². The van der Waals surface area contributed by atoms with Crippen molar-refractivity contribution in [2.24, 2.45) is 11.3 Å². The van der Waals surface area contributed by atoms with E-state index in [4.69, 9.17) is 11.6 Å². The normalized spacial score (nSPS) is 28.5. The number of hydrogen-bond donors (Lipinski definition) is 1. The molecule has 1 N–H and O–H groups in total. The number of nitrogens with one attached hydrogen (secondary N) is 1. The first-order valence-corrected chi connectivity index (χ1v) is 12.0. The van der Waals surface area contributed by atoms with Crippen molar-refractivity contribution < 1.29 is 21.6 Å². The Balaban J connectivity index is 1.58. The zero-order valence-electron chi connectivity index (χ0n) is 16.6. The van der Waals surface area contributed by atoms with Crippen LogP contribution in [-0.4, -0.2) is 40.8 Å². The average molecular weight is 475 g/mol. The van der Waals surface area contributed by atoms with E-state index in [2.05, 4.69) is 9.97 Å². The lowest BCUT2D eigenvalue weighted by Gasteiger charge is -2.63. The van der Waals surface area contributed by atoms with E-state index in [0.29, 0.717) is 39.5 Å². The highest BCUT2D eigenvalue weighted by Crippen LogP contribution is 2.67. The Morgan fingerprint density at radius 3 is 2.58 bits per heavy atom. The lowest BCUT2D eigenvalue weighted by atomic mass is 9.43. The summed E-state index contributed by atoms with van der Waals surface area (Å²) in [5.74, 6) is 0.716. The van der Waals surface area contributed by atoms with Crippen LogP contribution in [0.15, 0.2) is 30.7 Å². The molecule has 3 saturated carbocycles. The van der Waals surface area contributed by atoms with Crippen molar-refractivity contribution in [3.05, 3.63) is 47.0 Å². The number of imidazole rings is 1. The third kappa shape index (κ3) is 3.62. The summed E-state index contributed by atoms with van der Waals surface area (Å²) in [6.07, 6.45) is 7.08. The number of alkyl halides is 3. The highest BCUT2D eigenvalue weighted by atomic mass is 35.5. The minimum atomic E-state index is -5.48. The van der Waals surface area contributed by atoms with Gasteiger partial charge < -0.3 is 9.88 Å². The molecule has 168 valence electrons. The maximum atomic E-state index is 13.5. The van der Waals surface area contributed by atoms with Gasteiger partial charge in [0.05, 0.1) is 18.6 Å². The van der Waals surface area contributed by atoms with Crippen LogP contribution in [0.3, 0.4) is 0 Å². The molecular formula is C20H22ClF3N4O2S. The summed E-state index contributed by atoms with van der Waals surface area (Å²) in [4.78, 5) is 9.11. The molecule has 6 nitrogen and oxygen atoms in total. The molecule has 1 aromatic carbocycles. The van der Waals surface area contributed by atoms with E-state index < -0.39 is 21.6 Å². The van der Waals surface area contributed by atoms with Crippen LogP contribution < -0.4 is 4.90 Å². The Labute approximate surface area is 183 Å². The number of rotatable bonds is 5. The minimum Gasteiger partial charge on any atom is -0.361 e. The lowest BCUT2D eigenvalue weighted by molar-refractivity contribution is -0.116. The largest absolute Gasteiger partial charge is 0.511 e. The van der Waals surface area contributed by atoms with E-state index in [1.54, 1.807) is 30.7 Å². The third-order valence-corrected chi connectivity index (χ3v) is 8.69. The molecule has 2 aromatic rings. The molecule has 4 aliphatic rings. The second kappa shape index (κ2) is 7.11. The van der Waals surface area contributed by atoms with Crippen molar-refractivity contribution in [1.82, 2.24) is 14.3 Å². The minimum absolute atomic E-state index is 0.117. The maximum Gasteiger partial charge on any atom is 0.511 e. The number of halogens is 4. The van der Waals surface area contributed by atoms with Gasteiger partial charge in [-0.1, -0.05) is 11.6 Å². The van der Waals surface area contributed by atoms with E-state index in [1.807, 2.05) is 4.90 Å². The van der Waals surface area contributed by atoms with Gasteiger partial charge in [-0.2, -0.15) is 17.5 Å². The van der Waals surface area contributed by atoms with Gasteiger partial charge in [0, 0.05) is 36.0 Å². The van der Waals surface area contributed by atoms with Crippen LogP contribution in [0, 0.1) is 11.3 Å². The number of fused-ring (bicyclic) bond motifs is 1. The van der Waals surface area contributed by atoms with E-state index in [0.717, 1.165) is 25.0 Å². The summed E-state index contributed by atoms with van der Waals surface area (Å²) in [5, 5.41) is 0.350. The van der Waals surface area contributed by atoms with Gasteiger partial charge >= 0.3 is 15.5 Å². The number of benzene rings is 1. The van der Waals surface area contributed by atoms with Crippen LogP contribution in [0.2, 0.25) is 5.02 Å². The van der Waals surface area contributed by atoms with Gasteiger partial charge in [0.1, 0.15) is 0 Å². The van der Waals surface area contributed by atoms with Crippen molar-refractivity contribution in [2.75, 3.05) is 11.4 Å². The second-order valence-corrected chi connectivity index (χ2v) is 11.4. The van der Waals surface area contributed by atoms with Gasteiger partial charge in [-0.15, -0.1) is 0 Å². The molecule has 3 fully saturated rings. The zero-order valence-corrected chi connectivity index (χ0v) is 18.1. The van der Waals surface area contributed by atoms with E-state index in [1.165, 1.54) is 0 Å². The molecule has 31 heavy (non-hydrogen) atoms. The van der Waals surface area contributed by atoms with Crippen molar-refractivity contribution in [1.29, 1.82) is 0 Å². The highest BCUT2D eigenvalue weighted by Gasteiger charge is 2.58. The van der Waals surface area contributed by atoms with Crippen molar-refractivity contribution in [2.45, 2.75) is 50.3 Å². The third-order valence-electron chi connectivity index (χ3n) is 6.91. The van der Waals surface area contributed by atoms with Crippen LogP contribution in [-0.2, 0) is 23.1 Å². The molecule has 11 heteroatoms. The molecule has 1 atom stereocenters. The first kappa shape index (κ1) is 21.1. The van der Waals surface area contributed by atoms with Gasteiger partial charge in [0.2, 0.25) is 0 Å². The van der Waals surface area contributed by atoms with Crippen molar-refractivity contribution >= 4 is 27.3 Å². The van der Waals surface area contributed by atoms with Gasteiger partial charge in [0.15, 0.2) is 0 Å². The summed E-state index contributed by atoms with van der Waals surface area (Å²) in [7, 11) is -5.48. The van der Waals surface area contributed by atoms with Crippen LogP contribution in [0.1, 0.15) is 36.9 Å². The molecule has 0 unspecified atom stereocenters. The molecule has 6 rings (SSSR count). The number of hydrogen-bond acceptors (Lipinski definition) is 4. The topological polar surface area (TPSA) is 69.3 Å². The predicted octanol–water partition coefficient (Wildman–Crippen LogP) is 4.29. The molecule has 0 amide bonds. The van der Waals surface area contributed by atoms with Gasteiger partial charge in [-0.05, 0) is 60.8 Å². The Morgan fingerprint density at radius 2 is 2.00 bits per heavy atom. The number of aromatic amines is 1. The molecule has 1 aliphatic heterocycles. The number of aromatic nitrogens is 2. The summed E-state index contributed by atoms with van der Waals surface area (Å²) in [5.41, 5.74) is -3.27. The van der Waals surface area contributed by atoms with Gasteiger partial charge in [0.25, 0.3) is 0 Å². The quantitative estimate of drug-likeness (QED) is 0.701.